The van der Waals surface area contributed by atoms with Crippen LogP contribution in [0.25, 0.3) is 71.7 Å². The Bertz CT molecular complexity index is 2780. The fourth-order valence-electron chi connectivity index (χ4n) is 6.65. The molecule has 0 N–H and O–H groups in total. The predicted octanol–water partition coefficient (Wildman–Crippen LogP) is 11.4. The van der Waals surface area contributed by atoms with Crippen molar-refractivity contribution in [1.82, 2.24) is 14.5 Å². The Balaban J connectivity index is 0.00000361. The molecule has 0 unspecified atom stereocenters. The summed E-state index contributed by atoms with van der Waals surface area (Å²) in [5.74, 6) is 1.46. The summed E-state index contributed by atoms with van der Waals surface area (Å²) in [4.78, 5) is 9.74. The van der Waals surface area contributed by atoms with E-state index in [1.165, 1.54) is 11.6 Å². The van der Waals surface area contributed by atoms with Gasteiger partial charge >= 0.3 is 21.1 Å². The van der Waals surface area contributed by atoms with E-state index in [1.54, 1.807) is 13.0 Å². The maximum absolute atomic E-state index is 14.9. The molecule has 0 saturated carbocycles. The summed E-state index contributed by atoms with van der Waals surface area (Å²) in [7, 11) is 0. The molecule has 0 aliphatic carbocycles. The van der Waals surface area contributed by atoms with Crippen LogP contribution in [0.3, 0.4) is 0 Å². The molecule has 0 aliphatic rings. The molecule has 5 aromatic carbocycles. The summed E-state index contributed by atoms with van der Waals surface area (Å²) in [5, 5.41) is 4.54. The Hall–Kier alpha value is -5.32. The van der Waals surface area contributed by atoms with Crippen molar-refractivity contribution in [2.45, 2.75) is 33.1 Å². The predicted molar refractivity (Wildman–Crippen MR) is 194 cm³/mol. The van der Waals surface area contributed by atoms with Gasteiger partial charge in [0.15, 0.2) is 0 Å². The van der Waals surface area contributed by atoms with Crippen molar-refractivity contribution in [2.75, 3.05) is 0 Å². The number of fused-ring (bicyclic) bond motifs is 7. The Morgan fingerprint density at radius 3 is 2.46 bits per heavy atom. The van der Waals surface area contributed by atoms with Crippen molar-refractivity contribution in [1.29, 1.82) is 0 Å². The molecule has 0 atom stereocenters. The summed E-state index contributed by atoms with van der Waals surface area (Å²) < 4.78 is 30.0. The zero-order valence-corrected chi connectivity index (χ0v) is 30.0. The van der Waals surface area contributed by atoms with Crippen LogP contribution in [0, 0.1) is 24.9 Å². The molecule has 0 amide bonds. The third kappa shape index (κ3) is 5.26. The second-order valence-corrected chi connectivity index (χ2v) is 13.5. The van der Waals surface area contributed by atoms with Gasteiger partial charge in [-0.2, -0.15) is 6.07 Å². The van der Waals surface area contributed by atoms with Crippen LogP contribution in [0.2, 0.25) is 0 Å². The van der Waals surface area contributed by atoms with E-state index < -0.39 is 0 Å². The van der Waals surface area contributed by atoms with E-state index >= 15 is 0 Å². The summed E-state index contributed by atoms with van der Waals surface area (Å²) in [6.07, 6.45) is 1.86. The van der Waals surface area contributed by atoms with Crippen LogP contribution >= 0.6 is 0 Å². The first kappa shape index (κ1) is 31.9. The fourth-order valence-corrected chi connectivity index (χ4v) is 6.65. The van der Waals surface area contributed by atoms with Gasteiger partial charge in [0.2, 0.25) is 0 Å². The van der Waals surface area contributed by atoms with Crippen LogP contribution in [-0.4, -0.2) is 14.5 Å². The molecule has 9 rings (SSSR count). The Kier molecular flexibility index (Phi) is 7.61. The fraction of sp³-hybridized carbons (Fsp3) is 0.116. The van der Waals surface area contributed by atoms with Crippen LogP contribution < -0.4 is 4.74 Å². The van der Waals surface area contributed by atoms with E-state index in [-0.39, 0.29) is 32.3 Å². The first-order valence-corrected chi connectivity index (χ1v) is 16.3. The molecule has 9 aromatic rings. The Morgan fingerprint density at radius 2 is 1.60 bits per heavy atom. The van der Waals surface area contributed by atoms with Gasteiger partial charge in [0.1, 0.15) is 17.2 Å². The Labute approximate surface area is 302 Å². The number of benzene rings is 5. The smallest absolute Gasteiger partial charge is 0.503 e. The van der Waals surface area contributed by atoms with E-state index in [0.29, 0.717) is 50.3 Å². The second kappa shape index (κ2) is 11.9. The first-order chi connectivity index (χ1) is 23.7. The number of ether oxygens (including phenoxy) is 1. The van der Waals surface area contributed by atoms with Gasteiger partial charge in [-0.1, -0.05) is 97.9 Å². The molecule has 0 spiro atoms. The molecule has 50 heavy (non-hydrogen) atoms. The number of hydrogen-bond acceptors (Lipinski definition) is 4. The molecule has 0 radical (unpaired) electrons. The van der Waals surface area contributed by atoms with Crippen LogP contribution in [0.1, 0.15) is 31.9 Å². The van der Waals surface area contributed by atoms with Crippen molar-refractivity contribution in [3.8, 4) is 28.6 Å². The number of halogens is 1. The van der Waals surface area contributed by atoms with Gasteiger partial charge in [-0.3, -0.25) is 4.98 Å². The molecular weight excluding hydrogens is 805 g/mol. The summed E-state index contributed by atoms with van der Waals surface area (Å²) >= 11 is 0. The minimum Gasteiger partial charge on any atom is -0.503 e. The van der Waals surface area contributed by atoms with Crippen molar-refractivity contribution in [2.24, 2.45) is 0 Å². The molecular formula is C43H30FN3O2Pt. The van der Waals surface area contributed by atoms with Crippen molar-refractivity contribution in [3.63, 3.8) is 0 Å². The zero-order chi connectivity index (χ0) is 33.4. The third-order valence-corrected chi connectivity index (χ3v) is 9.23. The summed E-state index contributed by atoms with van der Waals surface area (Å²) in [6, 6.07) is 40.5. The first-order valence-electron chi connectivity index (χ1n) is 16.3. The van der Waals surface area contributed by atoms with Crippen molar-refractivity contribution in [3.05, 3.63) is 138 Å². The molecule has 4 aromatic heterocycles. The quantitative estimate of drug-likeness (QED) is 0.166. The largest absolute Gasteiger partial charge is 2.00 e. The minimum atomic E-state index is -0.299. The van der Waals surface area contributed by atoms with Crippen molar-refractivity contribution >= 4 is 54.6 Å². The average Bonchev–Trinajstić information content (AvgIpc) is 3.62. The molecule has 4 heterocycles. The van der Waals surface area contributed by atoms with E-state index in [4.69, 9.17) is 19.1 Å². The maximum atomic E-state index is 14.9. The molecule has 0 fully saturated rings. The number of nitrogens with zero attached hydrogens (tertiary/aromatic N) is 3. The van der Waals surface area contributed by atoms with Crippen molar-refractivity contribution < 1.29 is 34.6 Å². The Morgan fingerprint density at radius 1 is 0.780 bits per heavy atom. The number of pyridine rings is 2. The van der Waals surface area contributed by atoms with Crippen LogP contribution in [0.4, 0.5) is 4.39 Å². The second-order valence-electron chi connectivity index (χ2n) is 13.5. The van der Waals surface area contributed by atoms with Gasteiger partial charge in [-0.05, 0) is 76.3 Å². The number of para-hydroxylation sites is 2. The molecule has 7 heteroatoms. The summed E-state index contributed by atoms with van der Waals surface area (Å²) in [6.45, 7) is 8.33. The average molecular weight is 835 g/mol. The standard InChI is InChI=1S/C43H30FN3O2.Pt/c1-25-19-40-32(24-35(25)44)33-21-29(22-34(42(33)49-40)37-16-13-26-9-5-7-11-36(26)46-37)48-28-14-15-31-30-10-6-8-12-38(30)47(39(31)23-28)41-20-27(17-18-45-41)43(2,3)4;/h5-21,24H,1-4H3;/q-2;+2. The van der Waals surface area contributed by atoms with Gasteiger partial charge in [0.25, 0.3) is 0 Å². The van der Waals surface area contributed by atoms with Gasteiger partial charge in [-0.25, -0.2) is 9.37 Å². The van der Waals surface area contributed by atoms with Crippen LogP contribution in [-0.2, 0) is 26.5 Å². The van der Waals surface area contributed by atoms with Gasteiger partial charge in [0, 0.05) is 28.6 Å². The molecule has 246 valence electrons. The SMILES string of the molecule is Cc1cc2oc3c(-c4ccc5ccccc5n4)[c-]c(Oc4[c-]c5c(cc4)c4ccccc4n5-c4cc(C(C)(C)C)ccn4)cc3c2cc1F.[Pt+2]. The van der Waals surface area contributed by atoms with Crippen LogP contribution in [0.15, 0.2) is 114 Å². The van der Waals surface area contributed by atoms with E-state index in [1.807, 2.05) is 66.9 Å². The normalized spacial score (nSPS) is 11.9. The van der Waals surface area contributed by atoms with Gasteiger partial charge in [0.05, 0.1) is 11.1 Å². The van der Waals surface area contributed by atoms with Crippen LogP contribution in [0.5, 0.6) is 11.5 Å². The molecule has 0 aliphatic heterocycles. The number of furan rings is 1. The van der Waals surface area contributed by atoms with E-state index in [9.17, 15) is 4.39 Å². The maximum Gasteiger partial charge on any atom is 2.00 e. The number of hydrogen-bond donors (Lipinski definition) is 0. The van der Waals surface area contributed by atoms with Gasteiger partial charge in [-0.15, -0.1) is 17.5 Å². The zero-order valence-electron chi connectivity index (χ0n) is 27.7. The molecule has 0 bridgehead atoms. The minimum absolute atomic E-state index is 0. The van der Waals surface area contributed by atoms with Gasteiger partial charge < -0.3 is 13.7 Å². The monoisotopic (exact) mass is 834 g/mol. The summed E-state index contributed by atoms with van der Waals surface area (Å²) in [5.41, 5.74) is 6.85. The molecule has 0 saturated heterocycles. The number of aromatic nitrogens is 3. The third-order valence-electron chi connectivity index (χ3n) is 9.23. The van der Waals surface area contributed by atoms with E-state index in [0.717, 1.165) is 38.5 Å². The van der Waals surface area contributed by atoms with E-state index in [2.05, 4.69) is 67.8 Å². The number of aryl methyl sites for hydroxylation is 1. The number of rotatable bonds is 4. The molecule has 5 nitrogen and oxygen atoms in total. The topological polar surface area (TPSA) is 53.1 Å².